The Hall–Kier alpha value is -2.80. The Morgan fingerprint density at radius 3 is 2.68 bits per heavy atom. The molecule has 0 aromatic heterocycles. The molecule has 2 aromatic rings. The predicted molar refractivity (Wildman–Crippen MR) is 84.0 cm³/mol. The van der Waals surface area contributed by atoms with Crippen molar-refractivity contribution in [3.05, 3.63) is 65.2 Å². The van der Waals surface area contributed by atoms with Crippen molar-refractivity contribution in [2.24, 2.45) is 0 Å². The molecule has 0 bridgehead atoms. The highest BCUT2D eigenvalue weighted by Crippen LogP contribution is 2.15. The number of aryl methyl sites for hydroxylation is 1. The van der Waals surface area contributed by atoms with E-state index in [1.54, 1.807) is 0 Å². The zero-order chi connectivity index (χ0) is 15.8. The van der Waals surface area contributed by atoms with Gasteiger partial charge in [0.1, 0.15) is 18.8 Å². The van der Waals surface area contributed by atoms with Crippen LogP contribution in [0.2, 0.25) is 0 Å². The minimum atomic E-state index is -0.270. The van der Waals surface area contributed by atoms with Crippen LogP contribution < -0.4 is 10.1 Å². The fraction of sp³-hybridized carbons (Fsp3) is 0.222. The molecular formula is C18H18N2O2. The van der Waals surface area contributed by atoms with E-state index in [-0.39, 0.29) is 12.3 Å². The predicted octanol–water partition coefficient (Wildman–Crippen LogP) is 3.10. The number of nitriles is 1. The van der Waals surface area contributed by atoms with Crippen LogP contribution in [-0.4, -0.2) is 5.91 Å². The zero-order valence-corrected chi connectivity index (χ0v) is 12.5. The Bertz CT molecular complexity index is 672. The molecule has 4 nitrogen and oxygen atoms in total. The molecule has 2 aromatic carbocycles. The van der Waals surface area contributed by atoms with E-state index in [1.165, 1.54) is 5.56 Å². The molecule has 0 heterocycles. The van der Waals surface area contributed by atoms with E-state index in [1.807, 2.05) is 42.5 Å². The smallest absolute Gasteiger partial charge is 0.234 e. The maximum atomic E-state index is 11.3. The van der Waals surface area contributed by atoms with Crippen LogP contribution in [0.25, 0.3) is 0 Å². The Labute approximate surface area is 130 Å². The first-order chi connectivity index (χ1) is 10.7. The summed E-state index contributed by atoms with van der Waals surface area (Å²) >= 11 is 0. The third-order valence-electron chi connectivity index (χ3n) is 3.15. The third-order valence-corrected chi connectivity index (χ3v) is 3.15. The highest BCUT2D eigenvalue weighted by atomic mass is 16.5. The van der Waals surface area contributed by atoms with Gasteiger partial charge in [0.05, 0.1) is 6.07 Å². The van der Waals surface area contributed by atoms with E-state index in [4.69, 9.17) is 10.00 Å². The number of ether oxygens (including phenoxy) is 1. The van der Waals surface area contributed by atoms with Gasteiger partial charge in [-0.15, -0.1) is 0 Å². The van der Waals surface area contributed by atoms with E-state index in [0.29, 0.717) is 13.2 Å². The molecule has 0 aliphatic rings. The molecule has 22 heavy (non-hydrogen) atoms. The maximum absolute atomic E-state index is 11.3. The van der Waals surface area contributed by atoms with Crippen molar-refractivity contribution in [1.82, 2.24) is 5.32 Å². The van der Waals surface area contributed by atoms with Gasteiger partial charge >= 0.3 is 0 Å². The second kappa shape index (κ2) is 7.84. The highest BCUT2D eigenvalue weighted by Gasteiger charge is 2.02. The third kappa shape index (κ3) is 4.95. The summed E-state index contributed by atoms with van der Waals surface area (Å²) in [5.74, 6) is 0.487. The molecule has 112 valence electrons. The number of carbonyl (C=O) groups is 1. The van der Waals surface area contributed by atoms with Gasteiger partial charge in [-0.3, -0.25) is 4.79 Å². The summed E-state index contributed by atoms with van der Waals surface area (Å²) in [4.78, 5) is 11.3. The minimum Gasteiger partial charge on any atom is -0.489 e. The van der Waals surface area contributed by atoms with E-state index in [9.17, 15) is 4.79 Å². The average Bonchev–Trinajstić information content (AvgIpc) is 2.53. The highest BCUT2D eigenvalue weighted by molar-refractivity contribution is 5.77. The van der Waals surface area contributed by atoms with Crippen molar-refractivity contribution in [3.8, 4) is 11.8 Å². The van der Waals surface area contributed by atoms with Gasteiger partial charge in [0.15, 0.2) is 0 Å². The van der Waals surface area contributed by atoms with Gasteiger partial charge < -0.3 is 10.1 Å². The van der Waals surface area contributed by atoms with Crippen molar-refractivity contribution in [2.75, 3.05) is 0 Å². The zero-order valence-electron chi connectivity index (χ0n) is 12.5. The number of hydrogen-bond acceptors (Lipinski definition) is 3. The number of nitrogens with one attached hydrogen (secondary N) is 1. The minimum absolute atomic E-state index is 0.121. The van der Waals surface area contributed by atoms with Gasteiger partial charge in [-0.05, 0) is 30.2 Å². The lowest BCUT2D eigenvalue weighted by molar-refractivity contribution is -0.120. The molecule has 4 heteroatoms. The van der Waals surface area contributed by atoms with Crippen molar-refractivity contribution < 1.29 is 9.53 Å². The van der Waals surface area contributed by atoms with Gasteiger partial charge in [-0.1, -0.05) is 42.0 Å². The lowest BCUT2D eigenvalue weighted by Crippen LogP contribution is -2.21. The summed E-state index contributed by atoms with van der Waals surface area (Å²) in [5, 5.41) is 11.1. The van der Waals surface area contributed by atoms with Gasteiger partial charge in [0, 0.05) is 6.54 Å². The number of hydrogen-bond donors (Lipinski definition) is 1. The van der Waals surface area contributed by atoms with Gasteiger partial charge in [0.25, 0.3) is 0 Å². The Morgan fingerprint density at radius 1 is 1.18 bits per heavy atom. The standard InChI is InChI=1S/C18H18N2O2/c1-14-5-7-15(8-6-14)13-22-17-4-2-3-16(11-17)12-20-18(21)9-10-19/h2-8,11H,9,12-13H2,1H3,(H,20,21). The Balaban J connectivity index is 1.89. The first-order valence-corrected chi connectivity index (χ1v) is 7.08. The lowest BCUT2D eigenvalue weighted by atomic mass is 10.2. The summed E-state index contributed by atoms with van der Waals surface area (Å²) in [6.45, 7) is 2.95. The molecule has 1 N–H and O–H groups in total. The average molecular weight is 294 g/mol. The number of rotatable bonds is 6. The van der Waals surface area contributed by atoms with Gasteiger partial charge in [-0.25, -0.2) is 0 Å². The van der Waals surface area contributed by atoms with Crippen LogP contribution in [0.4, 0.5) is 0 Å². The van der Waals surface area contributed by atoms with Crippen LogP contribution in [0.1, 0.15) is 23.1 Å². The molecule has 0 radical (unpaired) electrons. The quantitative estimate of drug-likeness (QED) is 0.890. The van der Waals surface area contributed by atoms with E-state index in [2.05, 4.69) is 24.4 Å². The topological polar surface area (TPSA) is 62.1 Å². The molecule has 0 fully saturated rings. The first-order valence-electron chi connectivity index (χ1n) is 7.08. The molecule has 0 aliphatic carbocycles. The SMILES string of the molecule is Cc1ccc(COc2cccc(CNC(=O)CC#N)c2)cc1. The normalized spacial score (nSPS) is 9.82. The van der Waals surface area contributed by atoms with Crippen LogP contribution in [0.3, 0.4) is 0 Å². The summed E-state index contributed by atoms with van der Waals surface area (Å²) in [6, 6.07) is 17.6. The van der Waals surface area contributed by atoms with E-state index in [0.717, 1.165) is 16.9 Å². The van der Waals surface area contributed by atoms with Gasteiger partial charge in [-0.2, -0.15) is 5.26 Å². The number of carbonyl (C=O) groups excluding carboxylic acids is 1. The molecule has 0 atom stereocenters. The fourth-order valence-corrected chi connectivity index (χ4v) is 1.93. The number of nitrogens with zero attached hydrogens (tertiary/aromatic N) is 1. The largest absolute Gasteiger partial charge is 0.489 e. The first kappa shape index (κ1) is 15.6. The van der Waals surface area contributed by atoms with E-state index < -0.39 is 0 Å². The maximum Gasteiger partial charge on any atom is 0.234 e. The molecule has 0 saturated heterocycles. The van der Waals surface area contributed by atoms with Crippen LogP contribution in [0, 0.1) is 18.3 Å². The molecule has 0 unspecified atom stereocenters. The van der Waals surface area contributed by atoms with Crippen molar-refractivity contribution in [2.45, 2.75) is 26.5 Å². The summed E-state index contributed by atoms with van der Waals surface area (Å²) in [7, 11) is 0. The fourth-order valence-electron chi connectivity index (χ4n) is 1.93. The molecule has 0 spiro atoms. The second-order valence-electron chi connectivity index (χ2n) is 5.03. The number of benzene rings is 2. The Kier molecular flexibility index (Phi) is 5.56. The number of amides is 1. The molecule has 0 saturated carbocycles. The molecule has 0 aliphatic heterocycles. The van der Waals surface area contributed by atoms with Crippen molar-refractivity contribution >= 4 is 5.91 Å². The summed E-state index contributed by atoms with van der Waals surface area (Å²) in [5.41, 5.74) is 3.27. The Morgan fingerprint density at radius 2 is 1.95 bits per heavy atom. The summed E-state index contributed by atoms with van der Waals surface area (Å²) < 4.78 is 5.76. The van der Waals surface area contributed by atoms with Crippen LogP contribution in [-0.2, 0) is 17.9 Å². The second-order valence-corrected chi connectivity index (χ2v) is 5.03. The van der Waals surface area contributed by atoms with Crippen LogP contribution >= 0.6 is 0 Å². The molecule has 1 amide bonds. The van der Waals surface area contributed by atoms with Gasteiger partial charge in [0.2, 0.25) is 5.91 Å². The molecular weight excluding hydrogens is 276 g/mol. The monoisotopic (exact) mass is 294 g/mol. The van der Waals surface area contributed by atoms with Crippen molar-refractivity contribution in [1.29, 1.82) is 5.26 Å². The van der Waals surface area contributed by atoms with E-state index >= 15 is 0 Å². The van der Waals surface area contributed by atoms with Crippen molar-refractivity contribution in [3.63, 3.8) is 0 Å². The molecule has 2 rings (SSSR count). The lowest BCUT2D eigenvalue weighted by Gasteiger charge is -2.09. The van der Waals surface area contributed by atoms with Crippen LogP contribution in [0.5, 0.6) is 5.75 Å². The summed E-state index contributed by atoms with van der Waals surface area (Å²) in [6.07, 6.45) is -0.121. The van der Waals surface area contributed by atoms with Crippen LogP contribution in [0.15, 0.2) is 48.5 Å².